The highest BCUT2D eigenvalue weighted by atomic mass is 16.6. The molecule has 1 aliphatic rings. The number of nitrogens with zero attached hydrogens (tertiary/aromatic N) is 1. The van der Waals surface area contributed by atoms with E-state index >= 15 is 0 Å². The number of unbranched alkanes of at least 4 members (excludes halogenated alkanes) is 1. The normalized spacial score (nSPS) is 11.8. The van der Waals surface area contributed by atoms with E-state index in [1.165, 1.54) is 0 Å². The molecule has 664 valence electrons. The number of benzene rings is 2. The molecule has 3 amide bonds. The summed E-state index contributed by atoms with van der Waals surface area (Å²) in [5.41, 5.74) is 18.4. The average Bonchev–Trinajstić information content (AvgIpc) is 0.805. The van der Waals surface area contributed by atoms with Crippen LogP contribution in [0.1, 0.15) is 96.8 Å². The SMILES string of the molecule is CC(C)(C)OC(=O)CNC(=O)CCCOCCOCCOCCOCCOCCOCCOCCOCCN.CC(C)(C)OC(=O)COCCCCOCCOCCOCCOCCOCCOCCOCCOCCN.NCCOCCOCCOCCOCCC(=O)NCCC(=O)N1Cc2ccccc2C#Cc2ccccc21. The second-order valence-corrected chi connectivity index (χ2v) is 26.7. The first-order valence-corrected chi connectivity index (χ1v) is 40.2. The molecule has 2 aromatic carbocycles. The van der Waals surface area contributed by atoms with Crippen LogP contribution in [0, 0.1) is 11.8 Å². The largest absolute Gasteiger partial charge is 0.459 e. The zero-order valence-electron chi connectivity index (χ0n) is 69.9. The van der Waals surface area contributed by atoms with E-state index in [0.29, 0.717) is 297 Å². The lowest BCUT2D eigenvalue weighted by molar-refractivity contribution is -0.160. The number of carbonyl (C=O) groups is 5. The molecule has 1 aliphatic heterocycles. The molecule has 0 bridgehead atoms. The number of ether oxygens (including phenoxy) is 23. The van der Waals surface area contributed by atoms with Gasteiger partial charge in [-0.05, 0) is 84.6 Å². The van der Waals surface area contributed by atoms with E-state index in [4.69, 9.17) is 126 Å². The standard InChI is InChI=1S/C29H37N3O6.C26H52N2O11.C26H53NO11/c30-13-16-36-18-20-38-22-21-37-19-17-35-15-12-28(33)31-14-11-29(34)32-23-26-7-2-1-5-24(26)9-10-25-6-3-4-8-27(25)32;1-26(2,3)39-25(30)23-28-24(29)5-4-7-31-9-11-33-13-15-35-17-19-37-21-22-38-20-18-36-16-14-34-12-10-32-8-6-27;1-26(2,3)38-25(28)24-37-8-5-4-7-29-10-12-31-14-16-33-18-20-35-22-23-36-21-19-34-17-15-32-13-11-30-9-6-27/h1-8H,11-23,30H2,(H,31,33);4-23,27H2,1-3H3,(H,28,29);4-24,27H2,1-3H3. The predicted molar refractivity (Wildman–Crippen MR) is 430 cm³/mol. The number of fused-ring (bicyclic) bond motifs is 2. The highest BCUT2D eigenvalue weighted by Crippen LogP contribution is 2.26. The summed E-state index contributed by atoms with van der Waals surface area (Å²) < 4.78 is 123. The Morgan fingerprint density at radius 2 is 0.626 bits per heavy atom. The van der Waals surface area contributed by atoms with E-state index in [9.17, 15) is 24.0 Å². The van der Waals surface area contributed by atoms with Gasteiger partial charge in [0.25, 0.3) is 0 Å². The van der Waals surface area contributed by atoms with Gasteiger partial charge in [0.15, 0.2) is 0 Å². The van der Waals surface area contributed by atoms with E-state index in [2.05, 4.69) is 22.5 Å². The summed E-state index contributed by atoms with van der Waals surface area (Å²) in [6.45, 7) is 33.4. The van der Waals surface area contributed by atoms with Gasteiger partial charge in [-0.3, -0.25) is 19.2 Å². The first kappa shape index (κ1) is 107. The van der Waals surface area contributed by atoms with Gasteiger partial charge < -0.3 is 142 Å². The monoisotopic (exact) mass is 1650 g/mol. The Labute approximate surface area is 683 Å². The molecular formula is C81H142N6O28. The number of nitrogens with two attached hydrogens (primary N) is 3. The lowest BCUT2D eigenvalue weighted by Crippen LogP contribution is -2.35. The van der Waals surface area contributed by atoms with Gasteiger partial charge in [-0.25, -0.2) is 4.79 Å². The van der Waals surface area contributed by atoms with Crippen LogP contribution >= 0.6 is 0 Å². The maximum atomic E-state index is 13.2. The Morgan fingerprint density at radius 1 is 0.330 bits per heavy atom. The molecule has 0 saturated heterocycles. The van der Waals surface area contributed by atoms with Crippen molar-refractivity contribution in [2.45, 2.75) is 97.8 Å². The van der Waals surface area contributed by atoms with Crippen LogP contribution < -0.4 is 32.7 Å². The number of hydrogen-bond acceptors (Lipinski definition) is 31. The highest BCUT2D eigenvalue weighted by Gasteiger charge is 2.22. The molecule has 0 radical (unpaired) electrons. The molecule has 0 fully saturated rings. The van der Waals surface area contributed by atoms with E-state index < -0.39 is 17.2 Å². The summed E-state index contributed by atoms with van der Waals surface area (Å²) in [5, 5.41) is 5.35. The van der Waals surface area contributed by atoms with Crippen LogP contribution in [-0.2, 0) is 139 Å². The van der Waals surface area contributed by atoms with E-state index in [1.807, 2.05) is 69.3 Å². The van der Waals surface area contributed by atoms with Gasteiger partial charge >= 0.3 is 11.9 Å². The Bertz CT molecular complexity index is 2670. The molecule has 0 aliphatic carbocycles. The van der Waals surface area contributed by atoms with Gasteiger partial charge in [0, 0.05) is 76.4 Å². The van der Waals surface area contributed by atoms with Gasteiger partial charge in [-0.2, -0.15) is 0 Å². The van der Waals surface area contributed by atoms with Crippen LogP contribution in [0.25, 0.3) is 0 Å². The van der Waals surface area contributed by atoms with Crippen molar-refractivity contribution in [2.75, 3.05) is 315 Å². The van der Waals surface area contributed by atoms with Crippen LogP contribution in [0.2, 0.25) is 0 Å². The van der Waals surface area contributed by atoms with Crippen molar-refractivity contribution < 1.29 is 133 Å². The van der Waals surface area contributed by atoms with E-state index in [1.54, 1.807) is 25.7 Å². The zero-order chi connectivity index (χ0) is 83.7. The third-order valence-electron chi connectivity index (χ3n) is 14.4. The minimum Gasteiger partial charge on any atom is -0.459 e. The van der Waals surface area contributed by atoms with Crippen molar-refractivity contribution in [1.82, 2.24) is 10.6 Å². The molecule has 1 heterocycles. The number of carbonyl (C=O) groups excluding carboxylic acids is 5. The van der Waals surface area contributed by atoms with Crippen LogP contribution in [-0.4, -0.2) is 351 Å². The minimum absolute atomic E-state index is 0.0179. The van der Waals surface area contributed by atoms with Crippen LogP contribution in [0.4, 0.5) is 5.69 Å². The van der Waals surface area contributed by atoms with Gasteiger partial charge in [0.05, 0.1) is 263 Å². The maximum Gasteiger partial charge on any atom is 0.332 e. The molecule has 0 unspecified atom stereocenters. The molecule has 0 saturated carbocycles. The first-order valence-electron chi connectivity index (χ1n) is 40.2. The first-order chi connectivity index (χ1) is 56.0. The lowest BCUT2D eigenvalue weighted by Gasteiger charge is -2.26. The molecule has 3 rings (SSSR count). The fourth-order valence-corrected chi connectivity index (χ4v) is 9.11. The summed E-state index contributed by atoms with van der Waals surface area (Å²) in [6, 6.07) is 15.5. The quantitative estimate of drug-likeness (QED) is 0.0360. The van der Waals surface area contributed by atoms with Gasteiger partial charge in [-0.1, -0.05) is 42.2 Å². The molecular weight excluding hydrogens is 1500 g/mol. The Kier molecular flexibility index (Phi) is 74.2. The lowest BCUT2D eigenvalue weighted by atomic mass is 10.0. The van der Waals surface area contributed by atoms with Crippen LogP contribution in [0.3, 0.4) is 0 Å². The molecule has 2 aromatic rings. The van der Waals surface area contributed by atoms with Gasteiger partial charge in [-0.15, -0.1) is 0 Å². The van der Waals surface area contributed by atoms with Crippen molar-refractivity contribution in [3.8, 4) is 11.8 Å². The number of nitrogens with one attached hydrogen (secondary N) is 2. The van der Waals surface area contributed by atoms with E-state index in [0.717, 1.165) is 35.2 Å². The molecule has 0 aromatic heterocycles. The Balaban J connectivity index is 0.000000862. The number of rotatable bonds is 76. The summed E-state index contributed by atoms with van der Waals surface area (Å²) >= 11 is 0. The number of para-hydroxylation sites is 1. The topological polar surface area (TPSA) is 403 Å². The zero-order valence-corrected chi connectivity index (χ0v) is 69.9. The van der Waals surface area contributed by atoms with Crippen LogP contribution in [0.15, 0.2) is 48.5 Å². The van der Waals surface area contributed by atoms with Crippen molar-refractivity contribution in [1.29, 1.82) is 0 Å². The summed E-state index contributed by atoms with van der Waals surface area (Å²) in [5.74, 6) is 5.16. The van der Waals surface area contributed by atoms with Gasteiger partial charge in [0.1, 0.15) is 24.4 Å². The molecule has 34 nitrogen and oxygen atoms in total. The second-order valence-electron chi connectivity index (χ2n) is 26.7. The summed E-state index contributed by atoms with van der Waals surface area (Å²) in [7, 11) is 0. The average molecular weight is 1650 g/mol. The fourth-order valence-electron chi connectivity index (χ4n) is 9.11. The van der Waals surface area contributed by atoms with Crippen molar-refractivity contribution in [3.05, 3.63) is 65.2 Å². The molecule has 34 heteroatoms. The predicted octanol–water partition coefficient (Wildman–Crippen LogP) is 3.39. The smallest absolute Gasteiger partial charge is 0.332 e. The molecule has 0 spiro atoms. The van der Waals surface area contributed by atoms with Crippen molar-refractivity contribution in [2.24, 2.45) is 17.2 Å². The van der Waals surface area contributed by atoms with Crippen molar-refractivity contribution in [3.63, 3.8) is 0 Å². The van der Waals surface area contributed by atoms with Crippen LogP contribution in [0.5, 0.6) is 0 Å². The summed E-state index contributed by atoms with van der Waals surface area (Å²) in [6.07, 6.45) is 2.93. The van der Waals surface area contributed by atoms with Gasteiger partial charge in [0.2, 0.25) is 17.7 Å². The minimum atomic E-state index is -0.566. The number of amides is 3. The fraction of sp³-hybridized carbons (Fsp3) is 0.765. The Hall–Kier alpha value is -5.61. The third-order valence-corrected chi connectivity index (χ3v) is 14.4. The maximum absolute atomic E-state index is 13.2. The highest BCUT2D eigenvalue weighted by molar-refractivity contribution is 5.95. The number of hydrogen-bond donors (Lipinski definition) is 5. The summed E-state index contributed by atoms with van der Waals surface area (Å²) in [4.78, 5) is 61.8. The van der Waals surface area contributed by atoms with E-state index in [-0.39, 0.29) is 69.3 Å². The number of esters is 2. The van der Waals surface area contributed by atoms with Crippen molar-refractivity contribution >= 4 is 35.3 Å². The Morgan fingerprint density at radius 3 is 1.00 bits per heavy atom. The molecule has 8 N–H and O–H groups in total. The third kappa shape index (κ3) is 74.4. The number of anilines is 1. The molecule has 115 heavy (non-hydrogen) atoms. The molecule has 0 atom stereocenters. The second kappa shape index (κ2) is 79.5.